The van der Waals surface area contributed by atoms with Crippen molar-refractivity contribution < 1.29 is 0 Å². The van der Waals surface area contributed by atoms with Crippen molar-refractivity contribution in [3.8, 4) is 12.3 Å². The minimum absolute atomic E-state index is 0.445. The lowest BCUT2D eigenvalue weighted by Gasteiger charge is -2.16. The van der Waals surface area contributed by atoms with Gasteiger partial charge < -0.3 is 5.73 Å². The van der Waals surface area contributed by atoms with E-state index in [9.17, 15) is 0 Å². The molecule has 0 aromatic carbocycles. The molecule has 12 heavy (non-hydrogen) atoms. The van der Waals surface area contributed by atoms with Crippen LogP contribution in [0.15, 0.2) is 0 Å². The summed E-state index contributed by atoms with van der Waals surface area (Å²) in [4.78, 5) is 0. The average molecular weight is 165 g/mol. The second-order valence-corrected chi connectivity index (χ2v) is 3.96. The third-order valence-electron chi connectivity index (χ3n) is 3.19. The molecule has 0 aromatic rings. The maximum absolute atomic E-state index is 5.93. The molecule has 0 aromatic heterocycles. The number of hydrogen-bond acceptors (Lipinski definition) is 1. The Balaban J connectivity index is 2.21. The summed E-state index contributed by atoms with van der Waals surface area (Å²) in [7, 11) is 0. The number of nitrogens with two attached hydrogens (primary N) is 1. The van der Waals surface area contributed by atoms with Crippen LogP contribution >= 0.6 is 0 Å². The fourth-order valence-corrected chi connectivity index (χ4v) is 2.16. The first-order chi connectivity index (χ1) is 5.75. The van der Waals surface area contributed by atoms with Gasteiger partial charge in [0.2, 0.25) is 0 Å². The van der Waals surface area contributed by atoms with Crippen LogP contribution in [0.3, 0.4) is 0 Å². The predicted molar refractivity (Wildman–Crippen MR) is 52.5 cm³/mol. The molecule has 1 fully saturated rings. The molecule has 1 nitrogen and oxygen atoms in total. The van der Waals surface area contributed by atoms with Crippen LogP contribution in [0.1, 0.15) is 39.0 Å². The first-order valence-corrected chi connectivity index (χ1v) is 4.94. The van der Waals surface area contributed by atoms with E-state index in [0.717, 1.165) is 12.3 Å². The highest BCUT2D eigenvalue weighted by Crippen LogP contribution is 2.33. The molecule has 0 spiro atoms. The Bertz CT molecular complexity index is 168. The fourth-order valence-electron chi connectivity index (χ4n) is 2.16. The standard InChI is InChI=1S/C11H19N/c1-3-4-5-6-10-7-8-11(12)9(10)2/h1,9-11H,4-8,12H2,2H3. The van der Waals surface area contributed by atoms with Gasteiger partial charge in [-0.25, -0.2) is 0 Å². The van der Waals surface area contributed by atoms with Gasteiger partial charge in [0, 0.05) is 12.5 Å². The van der Waals surface area contributed by atoms with E-state index in [4.69, 9.17) is 12.2 Å². The number of hydrogen-bond donors (Lipinski definition) is 1. The molecule has 3 atom stereocenters. The van der Waals surface area contributed by atoms with Gasteiger partial charge in [0.25, 0.3) is 0 Å². The largest absolute Gasteiger partial charge is 0.327 e. The zero-order chi connectivity index (χ0) is 8.97. The summed E-state index contributed by atoms with van der Waals surface area (Å²) in [6.45, 7) is 2.28. The van der Waals surface area contributed by atoms with Crippen LogP contribution in [-0.4, -0.2) is 6.04 Å². The third kappa shape index (κ3) is 2.25. The van der Waals surface area contributed by atoms with Gasteiger partial charge in [-0.15, -0.1) is 12.3 Å². The molecule has 0 radical (unpaired) electrons. The van der Waals surface area contributed by atoms with Gasteiger partial charge in [-0.1, -0.05) is 6.92 Å². The normalized spacial score (nSPS) is 34.9. The van der Waals surface area contributed by atoms with Crippen molar-refractivity contribution in [2.75, 3.05) is 0 Å². The molecule has 0 heterocycles. The average Bonchev–Trinajstić information content (AvgIpc) is 2.36. The van der Waals surface area contributed by atoms with Gasteiger partial charge in [0.15, 0.2) is 0 Å². The van der Waals surface area contributed by atoms with Crippen LogP contribution in [0.4, 0.5) is 0 Å². The lowest BCUT2D eigenvalue weighted by molar-refractivity contribution is 0.363. The molecule has 68 valence electrons. The minimum atomic E-state index is 0.445. The second kappa shape index (κ2) is 4.52. The van der Waals surface area contributed by atoms with Crippen molar-refractivity contribution in [3.63, 3.8) is 0 Å². The smallest absolute Gasteiger partial charge is 0.00861 e. The number of unbranched alkanes of at least 4 members (excludes halogenated alkanes) is 1. The molecule has 0 amide bonds. The van der Waals surface area contributed by atoms with Crippen molar-refractivity contribution >= 4 is 0 Å². The van der Waals surface area contributed by atoms with Crippen molar-refractivity contribution in [3.05, 3.63) is 0 Å². The Morgan fingerprint density at radius 2 is 2.25 bits per heavy atom. The summed E-state index contributed by atoms with van der Waals surface area (Å²) in [6.07, 6.45) is 11.1. The van der Waals surface area contributed by atoms with Crippen molar-refractivity contribution in [1.82, 2.24) is 0 Å². The highest BCUT2D eigenvalue weighted by Gasteiger charge is 2.29. The van der Waals surface area contributed by atoms with E-state index in [-0.39, 0.29) is 0 Å². The van der Waals surface area contributed by atoms with Crippen LogP contribution in [0.5, 0.6) is 0 Å². The zero-order valence-corrected chi connectivity index (χ0v) is 7.92. The summed E-state index contributed by atoms with van der Waals surface area (Å²) >= 11 is 0. The van der Waals surface area contributed by atoms with E-state index in [1.165, 1.54) is 25.7 Å². The number of rotatable bonds is 3. The Labute approximate surface area is 75.7 Å². The van der Waals surface area contributed by atoms with Crippen LogP contribution in [0.25, 0.3) is 0 Å². The van der Waals surface area contributed by atoms with E-state index < -0.39 is 0 Å². The van der Waals surface area contributed by atoms with Gasteiger partial charge in [0.05, 0.1) is 0 Å². The summed E-state index contributed by atoms with van der Waals surface area (Å²) in [5.41, 5.74) is 5.93. The molecule has 0 aliphatic heterocycles. The van der Waals surface area contributed by atoms with Gasteiger partial charge >= 0.3 is 0 Å². The molecular weight excluding hydrogens is 146 g/mol. The molecule has 3 unspecified atom stereocenters. The quantitative estimate of drug-likeness (QED) is 0.503. The molecule has 1 rings (SSSR count). The molecule has 0 bridgehead atoms. The van der Waals surface area contributed by atoms with Gasteiger partial charge in [0.1, 0.15) is 0 Å². The fraction of sp³-hybridized carbons (Fsp3) is 0.818. The van der Waals surface area contributed by atoms with Crippen LogP contribution in [-0.2, 0) is 0 Å². The highest BCUT2D eigenvalue weighted by atomic mass is 14.7. The molecule has 1 aliphatic rings. The van der Waals surface area contributed by atoms with Crippen LogP contribution in [0, 0.1) is 24.2 Å². The topological polar surface area (TPSA) is 26.0 Å². The Kier molecular flexibility index (Phi) is 3.62. The summed E-state index contributed by atoms with van der Waals surface area (Å²) in [6, 6.07) is 0.445. The summed E-state index contributed by atoms with van der Waals surface area (Å²) < 4.78 is 0. The van der Waals surface area contributed by atoms with Crippen molar-refractivity contribution in [2.45, 2.75) is 45.1 Å². The van der Waals surface area contributed by atoms with E-state index in [0.29, 0.717) is 12.0 Å². The van der Waals surface area contributed by atoms with Crippen molar-refractivity contribution in [1.29, 1.82) is 0 Å². The monoisotopic (exact) mass is 165 g/mol. The number of terminal acetylenes is 1. The van der Waals surface area contributed by atoms with E-state index in [1.54, 1.807) is 0 Å². The summed E-state index contributed by atoms with van der Waals surface area (Å²) in [5.74, 6) is 4.24. The van der Waals surface area contributed by atoms with Crippen LogP contribution < -0.4 is 5.73 Å². The Morgan fingerprint density at radius 1 is 1.50 bits per heavy atom. The lowest BCUT2D eigenvalue weighted by Crippen LogP contribution is -2.25. The Hall–Kier alpha value is -0.480. The van der Waals surface area contributed by atoms with Crippen molar-refractivity contribution in [2.24, 2.45) is 17.6 Å². The predicted octanol–water partition coefficient (Wildman–Crippen LogP) is 2.16. The molecule has 1 saturated carbocycles. The van der Waals surface area contributed by atoms with Gasteiger partial charge in [-0.2, -0.15) is 0 Å². The molecule has 0 saturated heterocycles. The maximum Gasteiger partial charge on any atom is 0.00861 e. The van der Waals surface area contributed by atoms with E-state index >= 15 is 0 Å². The van der Waals surface area contributed by atoms with Gasteiger partial charge in [-0.05, 0) is 37.5 Å². The molecule has 2 N–H and O–H groups in total. The molecule has 1 heteroatoms. The van der Waals surface area contributed by atoms with Crippen LogP contribution in [0.2, 0.25) is 0 Å². The SMILES string of the molecule is C#CCCCC1CCC(N)C1C. The highest BCUT2D eigenvalue weighted by molar-refractivity contribution is 4.87. The van der Waals surface area contributed by atoms with E-state index in [2.05, 4.69) is 12.8 Å². The summed E-state index contributed by atoms with van der Waals surface area (Å²) in [5, 5.41) is 0. The first-order valence-electron chi connectivity index (χ1n) is 4.94. The van der Waals surface area contributed by atoms with E-state index in [1.807, 2.05) is 0 Å². The third-order valence-corrected chi connectivity index (χ3v) is 3.19. The molecule has 1 aliphatic carbocycles. The Morgan fingerprint density at radius 3 is 2.75 bits per heavy atom. The zero-order valence-electron chi connectivity index (χ0n) is 7.92. The maximum atomic E-state index is 5.93. The first kappa shape index (κ1) is 9.61. The lowest BCUT2D eigenvalue weighted by atomic mass is 9.91. The molecular formula is C11H19N. The second-order valence-electron chi connectivity index (χ2n) is 3.96. The van der Waals surface area contributed by atoms with Gasteiger partial charge in [-0.3, -0.25) is 0 Å². The minimum Gasteiger partial charge on any atom is -0.327 e.